The number of likely N-dealkylation sites (tertiary alicyclic amines) is 1. The Labute approximate surface area is 195 Å². The number of ketones is 1. The number of aliphatic hydroxyl groups is 1. The summed E-state index contributed by atoms with van der Waals surface area (Å²) in [6.07, 6.45) is 0.702. The molecule has 0 aromatic heterocycles. The van der Waals surface area contributed by atoms with Crippen LogP contribution in [0.3, 0.4) is 0 Å². The second kappa shape index (κ2) is 11.0. The van der Waals surface area contributed by atoms with Gasteiger partial charge in [0.1, 0.15) is 17.3 Å². The number of rotatable bonds is 10. The first-order valence-electron chi connectivity index (χ1n) is 11.3. The lowest BCUT2D eigenvalue weighted by molar-refractivity contribution is -0.139. The van der Waals surface area contributed by atoms with E-state index in [0.717, 1.165) is 12.1 Å². The van der Waals surface area contributed by atoms with Gasteiger partial charge in [-0.2, -0.15) is 0 Å². The molecule has 1 atom stereocenters. The maximum absolute atomic E-state index is 13.1. The molecule has 1 unspecified atom stereocenters. The van der Waals surface area contributed by atoms with Gasteiger partial charge >= 0.3 is 0 Å². The molecule has 0 radical (unpaired) electrons. The van der Waals surface area contributed by atoms with Crippen LogP contribution in [0.1, 0.15) is 37.4 Å². The van der Waals surface area contributed by atoms with Gasteiger partial charge in [-0.3, -0.25) is 9.59 Å². The Hall–Kier alpha value is -3.32. The summed E-state index contributed by atoms with van der Waals surface area (Å²) in [6, 6.07) is 13.5. The third kappa shape index (κ3) is 5.54. The highest BCUT2D eigenvalue weighted by Gasteiger charge is 2.45. The second-order valence-corrected chi connectivity index (χ2v) is 8.11. The van der Waals surface area contributed by atoms with Crippen molar-refractivity contribution >= 4 is 17.4 Å². The summed E-state index contributed by atoms with van der Waals surface area (Å²) in [4.78, 5) is 29.7. The number of ether oxygens (including phenoxy) is 2. The molecule has 0 bridgehead atoms. The Morgan fingerprint density at radius 3 is 2.30 bits per heavy atom. The third-order valence-corrected chi connectivity index (χ3v) is 5.47. The van der Waals surface area contributed by atoms with E-state index in [2.05, 4.69) is 0 Å². The van der Waals surface area contributed by atoms with E-state index in [1.165, 1.54) is 0 Å². The van der Waals surface area contributed by atoms with E-state index in [4.69, 9.17) is 9.47 Å². The minimum absolute atomic E-state index is 0.0858. The molecule has 1 fully saturated rings. The summed E-state index contributed by atoms with van der Waals surface area (Å²) in [5.41, 5.74) is 1.26. The van der Waals surface area contributed by atoms with Crippen molar-refractivity contribution in [2.75, 3.05) is 40.4 Å². The summed E-state index contributed by atoms with van der Waals surface area (Å²) in [6.45, 7) is 5.97. The molecule has 176 valence electrons. The molecule has 0 saturated carbocycles. The highest BCUT2D eigenvalue weighted by atomic mass is 16.5. The fraction of sp³-hybridized carbons (Fsp3) is 0.385. The van der Waals surface area contributed by atoms with Crippen LogP contribution in [0.25, 0.3) is 5.76 Å². The van der Waals surface area contributed by atoms with Gasteiger partial charge in [0.2, 0.25) is 0 Å². The number of nitrogens with zero attached hydrogens (tertiary/aromatic N) is 2. The molecule has 1 saturated heterocycles. The van der Waals surface area contributed by atoms with Crippen LogP contribution in [0.15, 0.2) is 54.1 Å². The van der Waals surface area contributed by atoms with Crippen molar-refractivity contribution in [2.45, 2.75) is 26.3 Å². The first kappa shape index (κ1) is 24.3. The van der Waals surface area contributed by atoms with Crippen molar-refractivity contribution in [3.05, 3.63) is 65.2 Å². The third-order valence-electron chi connectivity index (χ3n) is 5.47. The van der Waals surface area contributed by atoms with E-state index in [9.17, 15) is 14.7 Å². The molecule has 33 heavy (non-hydrogen) atoms. The molecule has 1 N–H and O–H groups in total. The number of hydrogen-bond acceptors (Lipinski definition) is 6. The van der Waals surface area contributed by atoms with Crippen LogP contribution in [0, 0.1) is 0 Å². The van der Waals surface area contributed by atoms with Gasteiger partial charge in [0.15, 0.2) is 0 Å². The van der Waals surface area contributed by atoms with Crippen LogP contribution >= 0.6 is 0 Å². The average Bonchev–Trinajstić information content (AvgIpc) is 3.04. The standard InChI is InChI=1S/C26H32N2O5/c1-5-32-20-13-11-18(12-14-20)23-22(24(29)19-9-7-10-21(17-19)33-6-2)25(30)26(31)28(23)16-8-15-27(3)4/h7,9-14,17,23,29H,5-6,8,15-16H2,1-4H3/b24-22+. The number of amides is 1. The van der Waals surface area contributed by atoms with Crippen molar-refractivity contribution in [2.24, 2.45) is 0 Å². The fourth-order valence-corrected chi connectivity index (χ4v) is 3.98. The summed E-state index contributed by atoms with van der Waals surface area (Å²) in [7, 11) is 3.92. The molecular formula is C26H32N2O5. The van der Waals surface area contributed by atoms with Crippen LogP contribution in [0.2, 0.25) is 0 Å². The van der Waals surface area contributed by atoms with Gasteiger partial charge in [0.05, 0.1) is 24.8 Å². The molecule has 3 rings (SSSR count). The first-order valence-corrected chi connectivity index (χ1v) is 11.3. The molecule has 1 aliphatic rings. The van der Waals surface area contributed by atoms with Crippen LogP contribution < -0.4 is 9.47 Å². The largest absolute Gasteiger partial charge is 0.507 e. The normalized spacial score (nSPS) is 17.6. The monoisotopic (exact) mass is 452 g/mol. The predicted molar refractivity (Wildman–Crippen MR) is 127 cm³/mol. The molecule has 2 aromatic rings. The smallest absolute Gasteiger partial charge is 0.295 e. The molecule has 1 amide bonds. The molecule has 0 spiro atoms. The van der Waals surface area contributed by atoms with E-state index in [-0.39, 0.29) is 11.3 Å². The molecule has 0 aliphatic carbocycles. The Kier molecular flexibility index (Phi) is 8.11. The van der Waals surface area contributed by atoms with Gasteiger partial charge in [-0.1, -0.05) is 24.3 Å². The molecule has 7 nitrogen and oxygen atoms in total. The molecule has 2 aromatic carbocycles. The van der Waals surface area contributed by atoms with E-state index in [1.807, 2.05) is 57.1 Å². The zero-order valence-corrected chi connectivity index (χ0v) is 19.7. The Bertz CT molecular complexity index is 1010. The molecule has 7 heteroatoms. The van der Waals surface area contributed by atoms with Crippen molar-refractivity contribution in [1.29, 1.82) is 0 Å². The van der Waals surface area contributed by atoms with E-state index in [1.54, 1.807) is 29.2 Å². The highest BCUT2D eigenvalue weighted by Crippen LogP contribution is 2.40. The number of benzene rings is 2. The topological polar surface area (TPSA) is 79.3 Å². The van der Waals surface area contributed by atoms with Crippen molar-refractivity contribution < 1.29 is 24.2 Å². The summed E-state index contributed by atoms with van der Waals surface area (Å²) >= 11 is 0. The first-order chi connectivity index (χ1) is 15.9. The highest BCUT2D eigenvalue weighted by molar-refractivity contribution is 6.46. The zero-order valence-electron chi connectivity index (χ0n) is 19.7. The molecule has 1 aliphatic heterocycles. The summed E-state index contributed by atoms with van der Waals surface area (Å²) in [5.74, 6) is -0.202. The number of carbonyl (C=O) groups excluding carboxylic acids is 2. The number of carbonyl (C=O) groups is 2. The Balaban J connectivity index is 2.07. The molecular weight excluding hydrogens is 420 g/mol. The number of aliphatic hydroxyl groups excluding tert-OH is 1. The fourth-order valence-electron chi connectivity index (χ4n) is 3.98. The second-order valence-electron chi connectivity index (χ2n) is 8.11. The van der Waals surface area contributed by atoms with Crippen LogP contribution in [-0.2, 0) is 9.59 Å². The van der Waals surface area contributed by atoms with E-state index < -0.39 is 17.7 Å². The van der Waals surface area contributed by atoms with Crippen LogP contribution in [0.4, 0.5) is 0 Å². The lowest BCUT2D eigenvalue weighted by atomic mass is 9.95. The number of hydrogen-bond donors (Lipinski definition) is 1. The summed E-state index contributed by atoms with van der Waals surface area (Å²) < 4.78 is 11.1. The van der Waals surface area contributed by atoms with Gasteiger partial charge < -0.3 is 24.4 Å². The molecule has 1 heterocycles. The quantitative estimate of drug-likeness (QED) is 0.335. The maximum atomic E-state index is 13.1. The van der Waals surface area contributed by atoms with Crippen LogP contribution in [-0.4, -0.2) is 67.0 Å². The number of Topliss-reactive ketones (excluding diaryl/α,β-unsaturated/α-hetero) is 1. The predicted octanol–water partition coefficient (Wildman–Crippen LogP) is 3.86. The van der Waals surface area contributed by atoms with E-state index in [0.29, 0.717) is 43.2 Å². The Morgan fingerprint density at radius 2 is 1.67 bits per heavy atom. The van der Waals surface area contributed by atoms with Gasteiger partial charge in [0.25, 0.3) is 11.7 Å². The van der Waals surface area contributed by atoms with Gasteiger partial charge in [-0.05, 0) is 70.7 Å². The zero-order chi connectivity index (χ0) is 24.0. The van der Waals surface area contributed by atoms with E-state index >= 15 is 0 Å². The lowest BCUT2D eigenvalue weighted by Crippen LogP contribution is -2.32. The minimum atomic E-state index is -0.682. The Morgan fingerprint density at radius 1 is 1.00 bits per heavy atom. The summed E-state index contributed by atoms with van der Waals surface area (Å²) in [5, 5.41) is 11.2. The van der Waals surface area contributed by atoms with Crippen molar-refractivity contribution in [3.8, 4) is 11.5 Å². The average molecular weight is 453 g/mol. The van der Waals surface area contributed by atoms with Gasteiger partial charge in [0, 0.05) is 12.1 Å². The van der Waals surface area contributed by atoms with Crippen molar-refractivity contribution in [3.63, 3.8) is 0 Å². The lowest BCUT2D eigenvalue weighted by Gasteiger charge is -2.26. The van der Waals surface area contributed by atoms with Crippen molar-refractivity contribution in [1.82, 2.24) is 9.80 Å². The maximum Gasteiger partial charge on any atom is 0.295 e. The SMILES string of the molecule is CCOc1ccc(C2/C(=C(\O)c3cccc(OCC)c3)C(=O)C(=O)N2CCCN(C)C)cc1. The minimum Gasteiger partial charge on any atom is -0.507 e. The van der Waals surface area contributed by atoms with Crippen LogP contribution in [0.5, 0.6) is 11.5 Å². The van der Waals surface area contributed by atoms with Gasteiger partial charge in [-0.25, -0.2) is 0 Å². The van der Waals surface area contributed by atoms with Gasteiger partial charge in [-0.15, -0.1) is 0 Å².